The van der Waals surface area contributed by atoms with Crippen molar-refractivity contribution in [1.82, 2.24) is 5.32 Å². The molecular formula is C19H27NO4. The van der Waals surface area contributed by atoms with E-state index in [0.717, 1.165) is 17.7 Å². The maximum absolute atomic E-state index is 12.2. The molecule has 0 heterocycles. The predicted octanol–water partition coefficient (Wildman–Crippen LogP) is 3.40. The molecule has 0 radical (unpaired) electrons. The molecule has 1 aliphatic rings. The molecule has 1 aliphatic carbocycles. The number of benzene rings is 1. The quantitative estimate of drug-likeness (QED) is 0.764. The maximum Gasteiger partial charge on any atom is 0.307 e. The molecule has 5 heteroatoms. The molecule has 0 saturated heterocycles. The Morgan fingerprint density at radius 3 is 2.29 bits per heavy atom. The number of carbonyl (C=O) groups is 2. The molecule has 5 nitrogen and oxygen atoms in total. The summed E-state index contributed by atoms with van der Waals surface area (Å²) in [5.74, 6) is -0.545. The highest BCUT2D eigenvalue weighted by Gasteiger charge is 2.41. The van der Waals surface area contributed by atoms with E-state index in [-0.39, 0.29) is 11.9 Å². The predicted molar refractivity (Wildman–Crippen MR) is 91.8 cm³/mol. The Hall–Kier alpha value is -2.04. The van der Waals surface area contributed by atoms with Gasteiger partial charge in [0.15, 0.2) is 0 Å². The summed E-state index contributed by atoms with van der Waals surface area (Å²) in [6.45, 7) is 6.92. The van der Waals surface area contributed by atoms with Crippen molar-refractivity contribution in [3.63, 3.8) is 0 Å². The number of carboxylic acid groups (broad SMARTS) is 1. The van der Waals surface area contributed by atoms with Gasteiger partial charge in [-0.3, -0.25) is 9.59 Å². The highest BCUT2D eigenvalue weighted by molar-refractivity contribution is 5.86. The summed E-state index contributed by atoms with van der Waals surface area (Å²) in [5.41, 5.74) is 0.978. The van der Waals surface area contributed by atoms with Crippen molar-refractivity contribution < 1.29 is 19.4 Å². The minimum Gasteiger partial charge on any atom is -0.494 e. The maximum atomic E-state index is 12.2. The second kappa shape index (κ2) is 8.18. The van der Waals surface area contributed by atoms with Crippen LogP contribution in [0.4, 0.5) is 0 Å². The molecule has 2 rings (SSSR count). The average Bonchev–Trinajstić information content (AvgIpc) is 2.45. The van der Waals surface area contributed by atoms with Gasteiger partial charge in [0.25, 0.3) is 0 Å². The van der Waals surface area contributed by atoms with Crippen molar-refractivity contribution in [2.24, 2.45) is 17.8 Å². The molecule has 1 aromatic rings. The lowest BCUT2D eigenvalue weighted by Crippen LogP contribution is -2.44. The summed E-state index contributed by atoms with van der Waals surface area (Å²) >= 11 is 0. The Balaban J connectivity index is 1.85. The van der Waals surface area contributed by atoms with Gasteiger partial charge in [0, 0.05) is 0 Å². The first-order valence-corrected chi connectivity index (χ1v) is 8.64. The lowest BCUT2D eigenvalue weighted by Gasteiger charge is -2.33. The van der Waals surface area contributed by atoms with E-state index in [1.165, 1.54) is 0 Å². The van der Waals surface area contributed by atoms with Crippen LogP contribution in [0.25, 0.3) is 0 Å². The zero-order valence-corrected chi connectivity index (χ0v) is 14.6. The first kappa shape index (κ1) is 18.3. The third-order valence-electron chi connectivity index (χ3n) is 4.63. The number of amides is 1. The third-order valence-corrected chi connectivity index (χ3v) is 4.63. The fraction of sp³-hybridized carbons (Fsp3) is 0.579. The number of hydrogen-bond acceptors (Lipinski definition) is 3. The van der Waals surface area contributed by atoms with Gasteiger partial charge in [-0.15, -0.1) is 0 Å². The summed E-state index contributed by atoms with van der Waals surface area (Å²) in [6.07, 6.45) is 2.25. The van der Waals surface area contributed by atoms with Gasteiger partial charge >= 0.3 is 5.97 Å². The van der Waals surface area contributed by atoms with E-state index in [2.05, 4.69) is 19.2 Å². The standard InChI is InChI=1S/C19H27NO4/c1-12(2)10-11-24-15-6-4-14(5-7-15)13(3)20-18(21)16-8-9-17(16)19(22)23/h4-7,12-13,16-17H,8-11H2,1-3H3,(H,20,21)(H,22,23). The van der Waals surface area contributed by atoms with Crippen molar-refractivity contribution in [3.8, 4) is 5.75 Å². The summed E-state index contributed by atoms with van der Waals surface area (Å²) in [7, 11) is 0. The number of hydrogen-bond donors (Lipinski definition) is 2. The van der Waals surface area contributed by atoms with Crippen LogP contribution in [0, 0.1) is 17.8 Å². The van der Waals surface area contributed by atoms with E-state index >= 15 is 0 Å². The molecule has 0 spiro atoms. The number of carboxylic acids is 1. The van der Waals surface area contributed by atoms with Gasteiger partial charge in [-0.05, 0) is 49.8 Å². The van der Waals surface area contributed by atoms with Crippen LogP contribution in [0.1, 0.15) is 51.6 Å². The van der Waals surface area contributed by atoms with Crippen LogP contribution in [-0.4, -0.2) is 23.6 Å². The zero-order valence-electron chi connectivity index (χ0n) is 14.6. The highest BCUT2D eigenvalue weighted by atomic mass is 16.5. The second-order valence-corrected chi connectivity index (χ2v) is 6.96. The summed E-state index contributed by atoms with van der Waals surface area (Å²) in [5, 5.41) is 12.0. The Kier molecular flexibility index (Phi) is 6.23. The normalized spacial score (nSPS) is 21.0. The Morgan fingerprint density at radius 1 is 1.17 bits per heavy atom. The number of nitrogens with one attached hydrogen (secondary N) is 1. The van der Waals surface area contributed by atoms with Gasteiger partial charge in [-0.2, -0.15) is 0 Å². The summed E-state index contributed by atoms with van der Waals surface area (Å²) < 4.78 is 5.69. The van der Waals surface area contributed by atoms with Gasteiger partial charge in [0.2, 0.25) is 5.91 Å². The molecule has 1 amide bonds. The van der Waals surface area contributed by atoms with Gasteiger partial charge in [0.05, 0.1) is 24.5 Å². The van der Waals surface area contributed by atoms with Gasteiger partial charge in [-0.1, -0.05) is 26.0 Å². The molecule has 24 heavy (non-hydrogen) atoms. The van der Waals surface area contributed by atoms with Crippen LogP contribution >= 0.6 is 0 Å². The SMILES string of the molecule is CC(C)CCOc1ccc(C(C)NC(=O)C2CCC2C(=O)O)cc1. The van der Waals surface area contributed by atoms with Gasteiger partial charge < -0.3 is 15.2 Å². The molecule has 3 atom stereocenters. The van der Waals surface area contributed by atoms with E-state index < -0.39 is 17.8 Å². The largest absolute Gasteiger partial charge is 0.494 e. The van der Waals surface area contributed by atoms with Crippen molar-refractivity contribution in [2.45, 2.75) is 46.1 Å². The molecule has 1 saturated carbocycles. The van der Waals surface area contributed by atoms with Crippen molar-refractivity contribution in [2.75, 3.05) is 6.61 Å². The molecule has 132 valence electrons. The fourth-order valence-electron chi connectivity index (χ4n) is 2.78. The Labute approximate surface area is 143 Å². The Bertz CT molecular complexity index is 567. The molecule has 2 N–H and O–H groups in total. The Morgan fingerprint density at radius 2 is 1.79 bits per heavy atom. The van der Waals surface area contributed by atoms with E-state index in [4.69, 9.17) is 9.84 Å². The molecule has 0 bridgehead atoms. The average molecular weight is 333 g/mol. The van der Waals surface area contributed by atoms with Crippen LogP contribution in [0.2, 0.25) is 0 Å². The lowest BCUT2D eigenvalue weighted by atomic mass is 9.73. The minimum atomic E-state index is -0.878. The van der Waals surface area contributed by atoms with Gasteiger partial charge in [-0.25, -0.2) is 0 Å². The van der Waals surface area contributed by atoms with Crippen LogP contribution in [0.3, 0.4) is 0 Å². The number of rotatable bonds is 8. The van der Waals surface area contributed by atoms with E-state index in [1.807, 2.05) is 31.2 Å². The molecule has 1 aromatic carbocycles. The fourth-order valence-corrected chi connectivity index (χ4v) is 2.78. The molecule has 3 unspecified atom stereocenters. The van der Waals surface area contributed by atoms with E-state index in [1.54, 1.807) is 0 Å². The first-order chi connectivity index (χ1) is 11.4. The smallest absolute Gasteiger partial charge is 0.307 e. The minimum absolute atomic E-state index is 0.155. The number of carbonyl (C=O) groups excluding carboxylic acids is 1. The first-order valence-electron chi connectivity index (χ1n) is 8.64. The second-order valence-electron chi connectivity index (χ2n) is 6.96. The highest BCUT2D eigenvalue weighted by Crippen LogP contribution is 2.35. The molecule has 0 aliphatic heterocycles. The van der Waals surface area contributed by atoms with Crippen LogP contribution < -0.4 is 10.1 Å². The number of aliphatic carboxylic acids is 1. The topological polar surface area (TPSA) is 75.6 Å². The van der Waals surface area contributed by atoms with Crippen molar-refractivity contribution in [3.05, 3.63) is 29.8 Å². The molecule has 0 aromatic heterocycles. The lowest BCUT2D eigenvalue weighted by molar-refractivity contribution is -0.152. The van der Waals surface area contributed by atoms with Crippen LogP contribution in [0.15, 0.2) is 24.3 Å². The zero-order chi connectivity index (χ0) is 17.7. The summed E-state index contributed by atoms with van der Waals surface area (Å²) in [6, 6.07) is 7.52. The van der Waals surface area contributed by atoms with E-state index in [0.29, 0.717) is 25.4 Å². The van der Waals surface area contributed by atoms with Crippen LogP contribution in [0.5, 0.6) is 5.75 Å². The van der Waals surface area contributed by atoms with Crippen LogP contribution in [-0.2, 0) is 9.59 Å². The van der Waals surface area contributed by atoms with Crippen molar-refractivity contribution >= 4 is 11.9 Å². The van der Waals surface area contributed by atoms with Crippen molar-refractivity contribution in [1.29, 1.82) is 0 Å². The molecular weight excluding hydrogens is 306 g/mol. The monoisotopic (exact) mass is 333 g/mol. The van der Waals surface area contributed by atoms with Gasteiger partial charge in [0.1, 0.15) is 5.75 Å². The molecule has 1 fully saturated rings. The third kappa shape index (κ3) is 4.73. The van der Waals surface area contributed by atoms with E-state index in [9.17, 15) is 9.59 Å². The number of ether oxygens (including phenoxy) is 1. The summed E-state index contributed by atoms with van der Waals surface area (Å²) in [4.78, 5) is 23.2.